The number of hydrogen-bond acceptors (Lipinski definition) is 8. The fourth-order valence-corrected chi connectivity index (χ4v) is 5.16. The third kappa shape index (κ3) is 6.79. The summed E-state index contributed by atoms with van der Waals surface area (Å²) in [4.78, 5) is 30.7. The molecular weight excluding hydrogens is 585 g/mol. The second-order valence-electron chi connectivity index (χ2n) is 11.1. The molecule has 1 saturated heterocycles. The van der Waals surface area contributed by atoms with Gasteiger partial charge < -0.3 is 15.0 Å². The van der Waals surface area contributed by atoms with E-state index in [1.807, 2.05) is 24.9 Å². The number of carbonyl (C=O) groups excluding carboxylic acids is 1. The van der Waals surface area contributed by atoms with Crippen LogP contribution in [0.3, 0.4) is 0 Å². The normalized spacial score (nSPS) is 14.5. The van der Waals surface area contributed by atoms with Crippen molar-refractivity contribution in [3.63, 3.8) is 0 Å². The highest BCUT2D eigenvalue weighted by molar-refractivity contribution is 6.04. The first-order valence-electron chi connectivity index (χ1n) is 14.4. The number of anilines is 1. The average molecular weight is 617 g/mol. The molecule has 0 radical (unpaired) electrons. The zero-order chi connectivity index (χ0) is 31.7. The van der Waals surface area contributed by atoms with Gasteiger partial charge in [-0.15, -0.1) is 0 Å². The largest absolute Gasteiger partial charge is 0.438 e. The summed E-state index contributed by atoms with van der Waals surface area (Å²) in [5.74, 6) is 0.373. The number of alkyl halides is 3. The first kappa shape index (κ1) is 30.2. The fourth-order valence-electron chi connectivity index (χ4n) is 5.16. The molecule has 4 heterocycles. The van der Waals surface area contributed by atoms with E-state index in [0.717, 1.165) is 24.7 Å². The van der Waals surface area contributed by atoms with Crippen LogP contribution in [-0.4, -0.2) is 73.7 Å². The minimum atomic E-state index is -4.57. The van der Waals surface area contributed by atoms with Crippen molar-refractivity contribution in [1.82, 2.24) is 34.5 Å². The highest BCUT2D eigenvalue weighted by atomic mass is 19.4. The third-order valence-electron chi connectivity index (χ3n) is 7.70. The number of likely N-dealkylation sites (N-methyl/N-ethyl adjacent to an activating group) is 1. The Hall–Kier alpha value is -4.88. The van der Waals surface area contributed by atoms with Crippen molar-refractivity contribution in [2.24, 2.45) is 7.05 Å². The van der Waals surface area contributed by atoms with E-state index in [-0.39, 0.29) is 29.2 Å². The number of carbonyl (C=O) groups is 1. The van der Waals surface area contributed by atoms with E-state index in [1.165, 1.54) is 18.2 Å². The van der Waals surface area contributed by atoms with Gasteiger partial charge in [0, 0.05) is 75.2 Å². The Morgan fingerprint density at radius 3 is 2.56 bits per heavy atom. The number of nitrogens with zero attached hydrogens (tertiary/aromatic N) is 7. The lowest BCUT2D eigenvalue weighted by molar-refractivity contribution is -0.138. The van der Waals surface area contributed by atoms with Crippen LogP contribution in [0, 0.1) is 6.92 Å². The predicted molar refractivity (Wildman–Crippen MR) is 163 cm³/mol. The Balaban J connectivity index is 1.25. The van der Waals surface area contributed by atoms with Crippen LogP contribution >= 0.6 is 0 Å². The minimum absolute atomic E-state index is 0.0477. The SMILES string of the molecule is Cc1ccc(C(=O)Nc2ccc(CN3CCN(C)CC3)c(C(F)(F)F)c2)cc1Oc1nc(-c2cccnc2)nc2nn(C)cc12. The first-order chi connectivity index (χ1) is 21.5. The van der Waals surface area contributed by atoms with E-state index in [2.05, 4.69) is 30.3 Å². The zero-order valence-corrected chi connectivity index (χ0v) is 25.0. The number of amides is 1. The van der Waals surface area contributed by atoms with E-state index in [4.69, 9.17) is 4.74 Å². The second-order valence-corrected chi connectivity index (χ2v) is 11.1. The summed E-state index contributed by atoms with van der Waals surface area (Å²) >= 11 is 0. The van der Waals surface area contributed by atoms with Crippen LogP contribution < -0.4 is 10.1 Å². The first-order valence-corrected chi connectivity index (χ1v) is 14.4. The smallest absolute Gasteiger partial charge is 0.416 e. The van der Waals surface area contributed by atoms with Crippen LogP contribution in [0.5, 0.6) is 11.6 Å². The maximum atomic E-state index is 14.1. The van der Waals surface area contributed by atoms with Gasteiger partial charge in [0.2, 0.25) is 5.88 Å². The number of hydrogen-bond donors (Lipinski definition) is 1. The van der Waals surface area contributed by atoms with Gasteiger partial charge in [-0.2, -0.15) is 23.3 Å². The molecule has 0 atom stereocenters. The molecule has 3 aromatic heterocycles. The maximum Gasteiger partial charge on any atom is 0.416 e. The Kier molecular flexibility index (Phi) is 8.21. The Labute approximate surface area is 257 Å². The van der Waals surface area contributed by atoms with E-state index < -0.39 is 17.6 Å². The van der Waals surface area contributed by atoms with Crippen molar-refractivity contribution in [2.75, 3.05) is 38.5 Å². The van der Waals surface area contributed by atoms with Crippen molar-refractivity contribution in [3.05, 3.63) is 89.4 Å². The van der Waals surface area contributed by atoms with E-state index in [1.54, 1.807) is 48.5 Å². The number of benzene rings is 2. The summed E-state index contributed by atoms with van der Waals surface area (Å²) < 4.78 is 50.1. The molecule has 6 rings (SSSR count). The van der Waals surface area contributed by atoms with Gasteiger partial charge in [0.25, 0.3) is 5.91 Å². The minimum Gasteiger partial charge on any atom is -0.438 e. The van der Waals surface area contributed by atoms with Crippen LogP contribution in [0.4, 0.5) is 18.9 Å². The molecule has 5 aromatic rings. The molecule has 0 bridgehead atoms. The molecule has 0 aliphatic carbocycles. The quantitative estimate of drug-likeness (QED) is 0.254. The number of aryl methyl sites for hydroxylation is 2. The van der Waals surface area contributed by atoms with Crippen LogP contribution in [0.25, 0.3) is 22.4 Å². The van der Waals surface area contributed by atoms with Crippen molar-refractivity contribution >= 4 is 22.6 Å². The van der Waals surface area contributed by atoms with Crippen LogP contribution in [0.2, 0.25) is 0 Å². The number of rotatable bonds is 7. The molecule has 1 N–H and O–H groups in total. The third-order valence-corrected chi connectivity index (χ3v) is 7.70. The molecule has 1 fully saturated rings. The van der Waals surface area contributed by atoms with Gasteiger partial charge in [-0.25, -0.2) is 4.98 Å². The summed E-state index contributed by atoms with van der Waals surface area (Å²) in [6.07, 6.45) is 0.437. The lowest BCUT2D eigenvalue weighted by Crippen LogP contribution is -2.44. The number of nitrogens with one attached hydrogen (secondary N) is 1. The molecule has 0 spiro atoms. The zero-order valence-electron chi connectivity index (χ0n) is 25.0. The van der Waals surface area contributed by atoms with Crippen molar-refractivity contribution in [2.45, 2.75) is 19.6 Å². The van der Waals surface area contributed by atoms with Crippen LogP contribution in [0.1, 0.15) is 27.0 Å². The van der Waals surface area contributed by atoms with Gasteiger partial charge in [0.1, 0.15) is 11.1 Å². The topological polar surface area (TPSA) is 101 Å². The average Bonchev–Trinajstić information content (AvgIpc) is 3.40. The van der Waals surface area contributed by atoms with Gasteiger partial charge in [-0.1, -0.05) is 12.1 Å². The van der Waals surface area contributed by atoms with Gasteiger partial charge in [-0.3, -0.25) is 19.4 Å². The van der Waals surface area contributed by atoms with Gasteiger partial charge in [-0.05, 0) is 61.5 Å². The number of pyridine rings is 1. The Morgan fingerprint density at radius 2 is 1.82 bits per heavy atom. The molecule has 2 aromatic carbocycles. The molecular formula is C32H31F3N8O2. The predicted octanol–water partition coefficient (Wildman–Crippen LogP) is 5.54. The summed E-state index contributed by atoms with van der Waals surface area (Å²) in [5.41, 5.74) is 1.48. The van der Waals surface area contributed by atoms with E-state index in [0.29, 0.717) is 41.3 Å². The fraction of sp³-hybridized carbons (Fsp3) is 0.281. The van der Waals surface area contributed by atoms with Crippen molar-refractivity contribution in [1.29, 1.82) is 0 Å². The second kappa shape index (κ2) is 12.3. The molecule has 13 heteroatoms. The van der Waals surface area contributed by atoms with Gasteiger partial charge >= 0.3 is 6.18 Å². The van der Waals surface area contributed by atoms with Crippen molar-refractivity contribution in [3.8, 4) is 23.0 Å². The highest BCUT2D eigenvalue weighted by Crippen LogP contribution is 2.35. The number of fused-ring (bicyclic) bond motifs is 1. The van der Waals surface area contributed by atoms with E-state index in [9.17, 15) is 18.0 Å². The summed E-state index contributed by atoms with van der Waals surface area (Å²) in [7, 11) is 3.75. The van der Waals surface area contributed by atoms with E-state index >= 15 is 0 Å². The molecule has 1 aliphatic heterocycles. The Bertz CT molecular complexity index is 1850. The monoisotopic (exact) mass is 616 g/mol. The molecule has 0 saturated carbocycles. The Morgan fingerprint density at radius 1 is 1.02 bits per heavy atom. The maximum absolute atomic E-state index is 14.1. The molecule has 1 aliphatic rings. The summed E-state index contributed by atoms with van der Waals surface area (Å²) in [5, 5.41) is 7.59. The van der Waals surface area contributed by atoms with Crippen molar-refractivity contribution < 1.29 is 22.7 Å². The lowest BCUT2D eigenvalue weighted by Gasteiger charge is -2.33. The van der Waals surface area contributed by atoms with Gasteiger partial charge in [0.05, 0.1) is 5.56 Å². The standard InChI is InChI=1S/C32H31F3N8O2/c1-20-6-7-21(15-27(20)45-31-25-19-42(3)40-29(25)38-28(39-31)22-5-4-10-36-17-22)30(44)37-24-9-8-23(26(16-24)32(33,34)35)18-43-13-11-41(2)12-14-43/h4-10,15-17,19H,11-14,18H2,1-3H3,(H,37,44). The van der Waals surface area contributed by atoms with Crippen LogP contribution in [-0.2, 0) is 19.8 Å². The molecule has 45 heavy (non-hydrogen) atoms. The number of piperazine rings is 1. The lowest BCUT2D eigenvalue weighted by atomic mass is 10.0. The molecule has 1 amide bonds. The molecule has 232 valence electrons. The number of aromatic nitrogens is 5. The van der Waals surface area contributed by atoms with Crippen LogP contribution in [0.15, 0.2) is 67.1 Å². The number of halogens is 3. The molecule has 0 unspecified atom stereocenters. The summed E-state index contributed by atoms with van der Waals surface area (Å²) in [6, 6.07) is 12.4. The summed E-state index contributed by atoms with van der Waals surface area (Å²) in [6.45, 7) is 4.98. The van der Waals surface area contributed by atoms with Gasteiger partial charge in [0.15, 0.2) is 11.5 Å². The number of ether oxygens (including phenoxy) is 1. The highest BCUT2D eigenvalue weighted by Gasteiger charge is 2.34. The molecule has 10 nitrogen and oxygen atoms in total.